The molecule has 1 saturated heterocycles. The number of allylic oxidation sites excluding steroid dienone is 3. The molecular formula is C14H20O2. The summed E-state index contributed by atoms with van der Waals surface area (Å²) in [5.41, 5.74) is 2.53. The normalized spacial score (nSPS) is 33.8. The minimum absolute atomic E-state index is 0.112. The largest absolute Gasteiger partial charge is 0.462 e. The van der Waals surface area contributed by atoms with Gasteiger partial charge in [-0.1, -0.05) is 31.6 Å². The van der Waals surface area contributed by atoms with Crippen LogP contribution in [0.1, 0.15) is 34.1 Å². The Labute approximate surface area is 97.4 Å². The highest BCUT2D eigenvalue weighted by Crippen LogP contribution is 2.60. The minimum Gasteiger partial charge on any atom is -0.462 e. The summed E-state index contributed by atoms with van der Waals surface area (Å²) >= 11 is 0. The average molecular weight is 220 g/mol. The fourth-order valence-electron chi connectivity index (χ4n) is 2.53. The van der Waals surface area contributed by atoms with Gasteiger partial charge in [0.2, 0.25) is 0 Å². The molecule has 2 rings (SSSR count). The second-order valence-electron chi connectivity index (χ2n) is 5.69. The van der Waals surface area contributed by atoms with Crippen molar-refractivity contribution in [3.63, 3.8) is 0 Å². The number of cyclic esters (lactones) is 1. The maximum atomic E-state index is 11.4. The Balaban J connectivity index is 2.13. The Hall–Kier alpha value is -1.05. The molecule has 1 saturated carbocycles. The van der Waals surface area contributed by atoms with Crippen molar-refractivity contribution in [1.82, 2.24) is 0 Å². The van der Waals surface area contributed by atoms with Crippen LogP contribution in [0.2, 0.25) is 0 Å². The van der Waals surface area contributed by atoms with E-state index in [1.165, 1.54) is 5.57 Å². The van der Waals surface area contributed by atoms with Crippen LogP contribution in [0.4, 0.5) is 0 Å². The van der Waals surface area contributed by atoms with Crippen molar-refractivity contribution in [3.8, 4) is 0 Å². The van der Waals surface area contributed by atoms with Crippen LogP contribution in [0.25, 0.3) is 0 Å². The van der Waals surface area contributed by atoms with Crippen molar-refractivity contribution in [2.24, 2.45) is 17.3 Å². The van der Waals surface area contributed by atoms with E-state index in [1.54, 1.807) is 0 Å². The van der Waals surface area contributed by atoms with Crippen molar-refractivity contribution in [1.29, 1.82) is 0 Å². The predicted molar refractivity (Wildman–Crippen MR) is 63.9 cm³/mol. The van der Waals surface area contributed by atoms with Crippen molar-refractivity contribution in [3.05, 3.63) is 23.3 Å². The number of hydrogen-bond acceptors (Lipinski definition) is 2. The van der Waals surface area contributed by atoms with Gasteiger partial charge in [-0.2, -0.15) is 0 Å². The summed E-state index contributed by atoms with van der Waals surface area (Å²) in [6.07, 6.45) is 5.24. The SMILES string of the molecule is CC(C)=C[C@H]1[C@H](/C=C2\CCOC2=O)C1(C)C. The molecule has 0 unspecified atom stereocenters. The quantitative estimate of drug-likeness (QED) is 0.406. The highest BCUT2D eigenvalue weighted by molar-refractivity contribution is 5.90. The number of hydrogen-bond donors (Lipinski definition) is 0. The fourth-order valence-corrected chi connectivity index (χ4v) is 2.53. The number of rotatable bonds is 2. The summed E-state index contributed by atoms with van der Waals surface area (Å²) in [4.78, 5) is 11.4. The van der Waals surface area contributed by atoms with Crippen molar-refractivity contribution < 1.29 is 9.53 Å². The smallest absolute Gasteiger partial charge is 0.333 e. The number of carbonyl (C=O) groups excluding carboxylic acids is 1. The van der Waals surface area contributed by atoms with Crippen LogP contribution in [0.3, 0.4) is 0 Å². The van der Waals surface area contributed by atoms with Crippen LogP contribution < -0.4 is 0 Å². The van der Waals surface area contributed by atoms with Crippen LogP contribution in [0.5, 0.6) is 0 Å². The van der Waals surface area contributed by atoms with E-state index in [9.17, 15) is 4.79 Å². The van der Waals surface area contributed by atoms with Gasteiger partial charge in [0.25, 0.3) is 0 Å². The molecule has 16 heavy (non-hydrogen) atoms. The van der Waals surface area contributed by atoms with Crippen molar-refractivity contribution in [2.75, 3.05) is 6.61 Å². The van der Waals surface area contributed by atoms with Gasteiger partial charge in [-0.25, -0.2) is 4.79 Å². The molecule has 2 heteroatoms. The zero-order valence-corrected chi connectivity index (χ0v) is 10.5. The van der Waals surface area contributed by atoms with E-state index in [-0.39, 0.29) is 5.97 Å². The minimum atomic E-state index is -0.112. The Morgan fingerprint density at radius 3 is 2.56 bits per heavy atom. The molecule has 1 aliphatic heterocycles. The fraction of sp³-hybridized carbons (Fsp3) is 0.643. The van der Waals surface area contributed by atoms with Gasteiger partial charge in [-0.3, -0.25) is 0 Å². The van der Waals surface area contributed by atoms with Crippen LogP contribution >= 0.6 is 0 Å². The molecule has 1 aliphatic carbocycles. The molecule has 0 radical (unpaired) electrons. The van der Waals surface area contributed by atoms with Gasteiger partial charge >= 0.3 is 5.97 Å². The lowest BCUT2D eigenvalue weighted by Crippen LogP contribution is -1.96. The molecule has 0 N–H and O–H groups in total. The van der Waals surface area contributed by atoms with Crippen molar-refractivity contribution >= 4 is 5.97 Å². The van der Waals surface area contributed by atoms with Gasteiger partial charge in [0.05, 0.1) is 6.61 Å². The van der Waals surface area contributed by atoms with Gasteiger partial charge in [-0.15, -0.1) is 0 Å². The monoisotopic (exact) mass is 220 g/mol. The number of esters is 1. The van der Waals surface area contributed by atoms with Gasteiger partial charge in [0.1, 0.15) is 0 Å². The van der Waals surface area contributed by atoms with E-state index in [2.05, 4.69) is 39.8 Å². The van der Waals surface area contributed by atoms with Crippen molar-refractivity contribution in [2.45, 2.75) is 34.1 Å². The summed E-state index contributed by atoms with van der Waals surface area (Å²) in [7, 11) is 0. The lowest BCUT2D eigenvalue weighted by atomic mass is 10.1. The summed E-state index contributed by atoms with van der Waals surface area (Å²) in [5.74, 6) is 0.972. The van der Waals surface area contributed by atoms with E-state index in [0.717, 1.165) is 12.0 Å². The molecular weight excluding hydrogens is 200 g/mol. The molecule has 0 bridgehead atoms. The Kier molecular flexibility index (Phi) is 2.69. The third kappa shape index (κ3) is 1.93. The van der Waals surface area contributed by atoms with Gasteiger partial charge in [0, 0.05) is 12.0 Å². The van der Waals surface area contributed by atoms with Crippen LogP contribution in [0, 0.1) is 17.3 Å². The molecule has 0 amide bonds. The molecule has 88 valence electrons. The summed E-state index contributed by atoms with van der Waals surface area (Å²) in [5, 5.41) is 0. The highest BCUT2D eigenvalue weighted by Gasteiger charge is 2.55. The van der Waals surface area contributed by atoms with Gasteiger partial charge < -0.3 is 4.74 Å². The molecule has 0 aromatic heterocycles. The molecule has 2 nitrogen and oxygen atoms in total. The highest BCUT2D eigenvalue weighted by atomic mass is 16.5. The second kappa shape index (κ2) is 3.76. The first kappa shape index (κ1) is 11.4. The molecule has 2 fully saturated rings. The first-order chi connectivity index (χ1) is 7.43. The predicted octanol–water partition coefficient (Wildman–Crippen LogP) is 3.10. The summed E-state index contributed by atoms with van der Waals surface area (Å²) in [6, 6.07) is 0. The maximum absolute atomic E-state index is 11.4. The maximum Gasteiger partial charge on any atom is 0.333 e. The molecule has 0 aromatic rings. The Bertz CT molecular complexity index is 370. The lowest BCUT2D eigenvalue weighted by molar-refractivity contribution is -0.135. The molecule has 0 aromatic carbocycles. The van der Waals surface area contributed by atoms with E-state index in [4.69, 9.17) is 4.74 Å². The molecule has 2 aliphatic rings. The lowest BCUT2D eigenvalue weighted by Gasteiger charge is -1.98. The van der Waals surface area contributed by atoms with E-state index in [1.807, 2.05) is 0 Å². The van der Waals surface area contributed by atoms with Crippen LogP contribution in [-0.2, 0) is 9.53 Å². The molecule has 2 atom stereocenters. The zero-order chi connectivity index (χ0) is 11.9. The number of ether oxygens (including phenoxy) is 1. The average Bonchev–Trinajstić information content (AvgIpc) is 2.55. The Morgan fingerprint density at radius 2 is 2.06 bits per heavy atom. The van der Waals surface area contributed by atoms with Crippen LogP contribution in [-0.4, -0.2) is 12.6 Å². The van der Waals surface area contributed by atoms with E-state index in [0.29, 0.717) is 23.9 Å². The first-order valence-corrected chi connectivity index (χ1v) is 5.96. The Morgan fingerprint density at radius 1 is 1.38 bits per heavy atom. The first-order valence-electron chi connectivity index (χ1n) is 5.96. The summed E-state index contributed by atoms with van der Waals surface area (Å²) in [6.45, 7) is 9.34. The standard InChI is InChI=1S/C14H20O2/c1-9(2)7-11-12(14(11,3)4)8-10-5-6-16-13(10)15/h7-8,11-12H,5-6H2,1-4H3/b10-8+/t11-,12-/m0/s1. The zero-order valence-electron chi connectivity index (χ0n) is 10.5. The molecule has 0 spiro atoms. The van der Waals surface area contributed by atoms with Crippen LogP contribution in [0.15, 0.2) is 23.3 Å². The second-order valence-corrected chi connectivity index (χ2v) is 5.69. The topological polar surface area (TPSA) is 26.3 Å². The van der Waals surface area contributed by atoms with Gasteiger partial charge in [0.15, 0.2) is 0 Å². The third-order valence-corrected chi connectivity index (χ3v) is 3.76. The van der Waals surface area contributed by atoms with Gasteiger partial charge in [-0.05, 0) is 31.1 Å². The third-order valence-electron chi connectivity index (χ3n) is 3.76. The summed E-state index contributed by atoms with van der Waals surface area (Å²) < 4.78 is 4.96. The number of carbonyl (C=O) groups is 1. The van der Waals surface area contributed by atoms with E-state index >= 15 is 0 Å². The van der Waals surface area contributed by atoms with E-state index < -0.39 is 0 Å². The molecule has 1 heterocycles.